The molecule has 0 amide bonds. The predicted molar refractivity (Wildman–Crippen MR) is 45.5 cm³/mol. The fraction of sp³-hybridized carbons (Fsp3) is 0.571. The minimum Gasteiger partial charge on any atom is -0.360 e. The summed E-state index contributed by atoms with van der Waals surface area (Å²) in [5.74, 6) is 0. The molecule has 1 rings (SSSR count). The number of nitrogens with zero attached hydrogens (tertiary/aromatic N) is 2. The summed E-state index contributed by atoms with van der Waals surface area (Å²) >= 11 is 0. The fourth-order valence-electron chi connectivity index (χ4n) is 1.01. The molecule has 0 aliphatic rings. The highest BCUT2D eigenvalue weighted by Gasteiger charge is 2.09. The van der Waals surface area contributed by atoms with E-state index in [0.717, 1.165) is 10.9 Å². The molecule has 0 aromatic carbocycles. The normalized spacial score (nSPS) is 12.8. The van der Waals surface area contributed by atoms with Gasteiger partial charge in [-0.05, 0) is 6.42 Å². The molecule has 0 fully saturated rings. The van der Waals surface area contributed by atoms with Gasteiger partial charge in [-0.25, -0.2) is 4.79 Å². The van der Waals surface area contributed by atoms with Crippen LogP contribution in [0.1, 0.15) is 19.6 Å². The van der Waals surface area contributed by atoms with E-state index in [1.54, 1.807) is 0 Å². The Morgan fingerprint density at radius 1 is 1.69 bits per heavy atom. The highest BCUT2D eigenvalue weighted by atomic mass is 16.5. The number of hydrogen-bond acceptors (Lipinski definition) is 4. The lowest BCUT2D eigenvalue weighted by atomic mass is 10.4. The van der Waals surface area contributed by atoms with Crippen molar-refractivity contribution in [1.29, 1.82) is 0 Å². The highest BCUT2D eigenvalue weighted by molar-refractivity contribution is 4.70. The third kappa shape index (κ3) is 2.03. The Labute approximate surface area is 74.2 Å². The van der Waals surface area contributed by atoms with E-state index in [1.165, 1.54) is 7.11 Å². The van der Waals surface area contributed by atoms with Gasteiger partial charge in [0.05, 0.1) is 0 Å². The van der Waals surface area contributed by atoms with Crippen LogP contribution in [-0.2, 0) is 4.74 Å². The third-order valence-corrected chi connectivity index (χ3v) is 1.63. The Balaban J connectivity index is 3.14. The summed E-state index contributed by atoms with van der Waals surface area (Å²) in [6, 6.07) is 0. The van der Waals surface area contributed by atoms with Crippen LogP contribution in [0.25, 0.3) is 0 Å². The van der Waals surface area contributed by atoms with Crippen LogP contribution in [0.15, 0.2) is 15.8 Å². The summed E-state index contributed by atoms with van der Waals surface area (Å²) in [6.07, 6.45) is 1.22. The fourth-order valence-corrected chi connectivity index (χ4v) is 1.01. The minimum absolute atomic E-state index is 0.427. The molecule has 0 spiro atoms. The monoisotopic (exact) mass is 185 g/mol. The maximum absolute atomic E-state index is 11.2. The van der Waals surface area contributed by atoms with Gasteiger partial charge >= 0.3 is 5.69 Å². The van der Waals surface area contributed by atoms with Gasteiger partial charge in [0.25, 0.3) is 5.56 Å². The first-order valence-corrected chi connectivity index (χ1v) is 3.90. The summed E-state index contributed by atoms with van der Waals surface area (Å²) < 4.78 is 6.08. The maximum atomic E-state index is 11.2. The predicted octanol–water partition coefficient (Wildman–Crippen LogP) is -0.513. The van der Waals surface area contributed by atoms with E-state index < -0.39 is 17.5 Å². The van der Waals surface area contributed by atoms with Gasteiger partial charge in [0.15, 0.2) is 6.23 Å². The van der Waals surface area contributed by atoms with E-state index in [9.17, 15) is 9.59 Å². The first kappa shape index (κ1) is 9.66. The SMILES string of the molecule is CC[C@@H](OC)n1ncc(=O)[nH]c1=O. The standard InChI is InChI=1S/C7H11N3O3/c1-3-6(13-2)10-7(12)9-5(11)4-8-10/h4,6H,3H2,1-2H3,(H,9,11,12)/t6-/m1/s1. The zero-order chi connectivity index (χ0) is 9.84. The molecule has 0 saturated carbocycles. The van der Waals surface area contributed by atoms with E-state index in [0.29, 0.717) is 6.42 Å². The van der Waals surface area contributed by atoms with Crippen LogP contribution in [-0.4, -0.2) is 21.9 Å². The van der Waals surface area contributed by atoms with E-state index in [-0.39, 0.29) is 0 Å². The molecule has 72 valence electrons. The maximum Gasteiger partial charge on any atom is 0.347 e. The Morgan fingerprint density at radius 2 is 2.38 bits per heavy atom. The van der Waals surface area contributed by atoms with Gasteiger partial charge in [0.1, 0.15) is 6.20 Å². The molecule has 1 aromatic heterocycles. The third-order valence-electron chi connectivity index (χ3n) is 1.63. The topological polar surface area (TPSA) is 77.0 Å². The molecule has 1 heterocycles. The quantitative estimate of drug-likeness (QED) is 0.687. The van der Waals surface area contributed by atoms with Crippen molar-refractivity contribution in [3.8, 4) is 0 Å². The molecule has 1 atom stereocenters. The van der Waals surface area contributed by atoms with Crippen LogP contribution >= 0.6 is 0 Å². The van der Waals surface area contributed by atoms with Crippen molar-refractivity contribution < 1.29 is 4.74 Å². The largest absolute Gasteiger partial charge is 0.360 e. The minimum atomic E-state index is -0.554. The Kier molecular flexibility index (Phi) is 2.97. The molecule has 0 aliphatic heterocycles. The summed E-state index contributed by atoms with van der Waals surface area (Å²) in [6.45, 7) is 1.85. The second-order valence-electron chi connectivity index (χ2n) is 2.48. The van der Waals surface area contributed by atoms with Crippen molar-refractivity contribution in [1.82, 2.24) is 14.8 Å². The molecule has 0 radical (unpaired) electrons. The summed E-state index contributed by atoms with van der Waals surface area (Å²) in [7, 11) is 1.48. The van der Waals surface area contributed by atoms with Gasteiger partial charge in [-0.15, -0.1) is 0 Å². The molecule has 6 heteroatoms. The molecule has 1 aromatic rings. The second-order valence-corrected chi connectivity index (χ2v) is 2.48. The van der Waals surface area contributed by atoms with Gasteiger partial charge < -0.3 is 4.74 Å². The molecule has 0 bridgehead atoms. The Hall–Kier alpha value is -1.43. The lowest BCUT2D eigenvalue weighted by Crippen LogP contribution is -2.34. The van der Waals surface area contributed by atoms with Gasteiger partial charge in [-0.2, -0.15) is 9.78 Å². The summed E-state index contributed by atoms with van der Waals surface area (Å²) in [4.78, 5) is 23.9. The van der Waals surface area contributed by atoms with Crippen molar-refractivity contribution in [2.45, 2.75) is 19.6 Å². The number of hydrogen-bond donors (Lipinski definition) is 1. The molecule has 0 unspecified atom stereocenters. The number of rotatable bonds is 3. The molecule has 6 nitrogen and oxygen atoms in total. The number of aromatic amines is 1. The average molecular weight is 185 g/mol. The van der Waals surface area contributed by atoms with Crippen LogP contribution in [0.5, 0.6) is 0 Å². The van der Waals surface area contributed by atoms with Gasteiger partial charge in [-0.3, -0.25) is 9.78 Å². The molecule has 0 aliphatic carbocycles. The van der Waals surface area contributed by atoms with Gasteiger partial charge in [0, 0.05) is 7.11 Å². The van der Waals surface area contributed by atoms with Crippen LogP contribution in [0.3, 0.4) is 0 Å². The number of aromatic nitrogens is 3. The molecular formula is C7H11N3O3. The van der Waals surface area contributed by atoms with Gasteiger partial charge in [-0.1, -0.05) is 6.92 Å². The molecular weight excluding hydrogens is 174 g/mol. The van der Waals surface area contributed by atoms with Crippen molar-refractivity contribution in [2.75, 3.05) is 7.11 Å². The van der Waals surface area contributed by atoms with Crippen LogP contribution in [0.4, 0.5) is 0 Å². The highest BCUT2D eigenvalue weighted by Crippen LogP contribution is 2.04. The zero-order valence-electron chi connectivity index (χ0n) is 7.48. The summed E-state index contributed by atoms with van der Waals surface area (Å²) in [5.41, 5.74) is -1.06. The number of nitrogens with one attached hydrogen (secondary N) is 1. The van der Waals surface area contributed by atoms with Gasteiger partial charge in [0.2, 0.25) is 0 Å². The van der Waals surface area contributed by atoms with E-state index in [1.807, 2.05) is 6.92 Å². The van der Waals surface area contributed by atoms with E-state index in [4.69, 9.17) is 4.74 Å². The van der Waals surface area contributed by atoms with Crippen molar-refractivity contribution >= 4 is 0 Å². The lowest BCUT2D eigenvalue weighted by Gasteiger charge is -2.12. The lowest BCUT2D eigenvalue weighted by molar-refractivity contribution is 0.0253. The average Bonchev–Trinajstić information content (AvgIpc) is 2.10. The summed E-state index contributed by atoms with van der Waals surface area (Å²) in [5, 5.41) is 3.66. The smallest absolute Gasteiger partial charge is 0.347 e. The van der Waals surface area contributed by atoms with E-state index >= 15 is 0 Å². The van der Waals surface area contributed by atoms with Crippen molar-refractivity contribution in [3.05, 3.63) is 27.0 Å². The zero-order valence-corrected chi connectivity index (χ0v) is 7.48. The first-order chi connectivity index (χ1) is 6.19. The second kappa shape index (κ2) is 3.99. The number of ether oxygens (including phenoxy) is 1. The van der Waals surface area contributed by atoms with E-state index in [2.05, 4.69) is 10.1 Å². The van der Waals surface area contributed by atoms with Crippen molar-refractivity contribution in [3.63, 3.8) is 0 Å². The van der Waals surface area contributed by atoms with Crippen LogP contribution in [0, 0.1) is 0 Å². The molecule has 13 heavy (non-hydrogen) atoms. The first-order valence-electron chi connectivity index (χ1n) is 3.90. The Morgan fingerprint density at radius 3 is 2.85 bits per heavy atom. The number of H-pyrrole nitrogens is 1. The van der Waals surface area contributed by atoms with Crippen LogP contribution < -0.4 is 11.2 Å². The number of methoxy groups -OCH3 is 1. The van der Waals surface area contributed by atoms with Crippen LogP contribution in [0.2, 0.25) is 0 Å². The van der Waals surface area contributed by atoms with Crippen molar-refractivity contribution in [2.24, 2.45) is 0 Å². The molecule has 0 saturated heterocycles. The Bertz CT molecular complexity index is 377. The molecule has 1 N–H and O–H groups in total.